The molecule has 0 saturated carbocycles. The molecule has 142 valence electrons. The fourth-order valence-corrected chi connectivity index (χ4v) is 3.50. The highest BCUT2D eigenvalue weighted by Crippen LogP contribution is 2.22. The molecular weight excluding hydrogens is 340 g/mol. The van der Waals surface area contributed by atoms with Gasteiger partial charge in [-0.05, 0) is 68.0 Å². The number of hydrogen-bond acceptors (Lipinski definition) is 4. The lowest BCUT2D eigenvalue weighted by atomic mass is 9.96. The number of benzene rings is 1. The van der Waals surface area contributed by atoms with Crippen LogP contribution in [-0.4, -0.2) is 36.4 Å². The van der Waals surface area contributed by atoms with E-state index in [0.29, 0.717) is 18.2 Å². The van der Waals surface area contributed by atoms with E-state index in [1.807, 2.05) is 44.2 Å². The number of piperidine rings is 1. The third-order valence-corrected chi connectivity index (χ3v) is 4.88. The summed E-state index contributed by atoms with van der Waals surface area (Å²) in [4.78, 5) is 30.6. The Hall–Kier alpha value is -2.89. The molecule has 2 amide bonds. The third-order valence-electron chi connectivity index (χ3n) is 4.88. The largest absolute Gasteiger partial charge is 0.371 e. The van der Waals surface area contributed by atoms with Crippen LogP contribution in [0.1, 0.15) is 24.0 Å². The zero-order valence-electron chi connectivity index (χ0n) is 15.9. The molecule has 3 rings (SSSR count). The number of aryl methyl sites for hydroxylation is 2. The van der Waals surface area contributed by atoms with Gasteiger partial charge in [-0.2, -0.15) is 0 Å². The normalized spacial score (nSPS) is 14.7. The van der Waals surface area contributed by atoms with Crippen molar-refractivity contribution in [3.63, 3.8) is 0 Å². The number of anilines is 2. The van der Waals surface area contributed by atoms with Crippen LogP contribution in [0, 0.1) is 19.8 Å². The first-order valence-corrected chi connectivity index (χ1v) is 9.34. The first kappa shape index (κ1) is 18.9. The molecular formula is C21H26N4O2. The summed E-state index contributed by atoms with van der Waals surface area (Å²) in [5.41, 5.74) is 3.93. The molecule has 0 unspecified atom stereocenters. The van der Waals surface area contributed by atoms with Crippen molar-refractivity contribution in [2.75, 3.05) is 29.9 Å². The van der Waals surface area contributed by atoms with E-state index in [1.54, 1.807) is 12.4 Å². The highest BCUT2D eigenvalue weighted by atomic mass is 16.2. The van der Waals surface area contributed by atoms with Crippen molar-refractivity contribution in [2.45, 2.75) is 26.7 Å². The van der Waals surface area contributed by atoms with E-state index < -0.39 is 11.8 Å². The van der Waals surface area contributed by atoms with Crippen molar-refractivity contribution in [1.29, 1.82) is 0 Å². The molecule has 2 aromatic rings. The fraction of sp³-hybridized carbons (Fsp3) is 0.381. The van der Waals surface area contributed by atoms with Crippen LogP contribution >= 0.6 is 0 Å². The number of rotatable bonds is 4. The molecule has 0 aliphatic carbocycles. The monoisotopic (exact) mass is 366 g/mol. The Balaban J connectivity index is 1.43. The molecule has 0 radical (unpaired) electrons. The first-order valence-electron chi connectivity index (χ1n) is 9.34. The molecule has 2 heterocycles. The van der Waals surface area contributed by atoms with E-state index in [0.717, 1.165) is 37.1 Å². The van der Waals surface area contributed by atoms with Gasteiger partial charge in [-0.1, -0.05) is 6.07 Å². The highest BCUT2D eigenvalue weighted by molar-refractivity contribution is 6.39. The Morgan fingerprint density at radius 3 is 2.30 bits per heavy atom. The molecule has 0 bridgehead atoms. The van der Waals surface area contributed by atoms with Crippen molar-refractivity contribution in [3.05, 3.63) is 53.9 Å². The number of hydrogen-bond donors (Lipinski definition) is 2. The van der Waals surface area contributed by atoms with Gasteiger partial charge < -0.3 is 15.5 Å². The smallest absolute Gasteiger partial charge is 0.313 e. The zero-order valence-corrected chi connectivity index (χ0v) is 15.9. The number of nitrogens with one attached hydrogen (secondary N) is 2. The summed E-state index contributed by atoms with van der Waals surface area (Å²) in [6.07, 6.45) is 5.58. The van der Waals surface area contributed by atoms with E-state index in [9.17, 15) is 9.59 Å². The van der Waals surface area contributed by atoms with E-state index in [2.05, 4.69) is 20.5 Å². The molecule has 0 atom stereocenters. The highest BCUT2D eigenvalue weighted by Gasteiger charge is 2.21. The average Bonchev–Trinajstić information content (AvgIpc) is 2.66. The maximum Gasteiger partial charge on any atom is 0.313 e. The van der Waals surface area contributed by atoms with E-state index in [1.165, 1.54) is 5.69 Å². The summed E-state index contributed by atoms with van der Waals surface area (Å²) in [5, 5.41) is 5.45. The van der Waals surface area contributed by atoms with Gasteiger partial charge in [-0.25, -0.2) is 0 Å². The standard InChI is InChI=1S/C21H26N4O2/c1-15-11-16(2)13-18(12-15)24-21(27)20(26)23-14-17-5-9-25(10-6-17)19-3-7-22-8-4-19/h3-4,7-8,11-13,17H,5-6,9-10,14H2,1-2H3,(H,23,26)(H,24,27). The van der Waals surface area contributed by atoms with Gasteiger partial charge in [-0.15, -0.1) is 0 Å². The fourth-order valence-electron chi connectivity index (χ4n) is 3.50. The molecule has 1 aromatic heterocycles. The number of carbonyl (C=O) groups excluding carboxylic acids is 2. The molecule has 0 spiro atoms. The van der Waals surface area contributed by atoms with Gasteiger partial charge in [-0.3, -0.25) is 14.6 Å². The van der Waals surface area contributed by atoms with Crippen molar-refractivity contribution in [1.82, 2.24) is 10.3 Å². The van der Waals surface area contributed by atoms with Crippen molar-refractivity contribution < 1.29 is 9.59 Å². The quantitative estimate of drug-likeness (QED) is 0.816. The predicted octanol–water partition coefficient (Wildman–Crippen LogP) is 2.67. The van der Waals surface area contributed by atoms with Crippen molar-refractivity contribution >= 4 is 23.2 Å². The van der Waals surface area contributed by atoms with Crippen LogP contribution in [0.5, 0.6) is 0 Å². The Labute approximate surface area is 160 Å². The molecule has 1 fully saturated rings. The van der Waals surface area contributed by atoms with E-state index >= 15 is 0 Å². The molecule has 1 saturated heterocycles. The van der Waals surface area contributed by atoms with Gasteiger partial charge in [0.1, 0.15) is 0 Å². The number of carbonyl (C=O) groups is 2. The van der Waals surface area contributed by atoms with Crippen LogP contribution in [0.3, 0.4) is 0 Å². The SMILES string of the molecule is Cc1cc(C)cc(NC(=O)C(=O)NCC2CCN(c3ccncc3)CC2)c1. The molecule has 6 heteroatoms. The number of pyridine rings is 1. The lowest BCUT2D eigenvalue weighted by Gasteiger charge is -2.33. The number of amides is 2. The maximum absolute atomic E-state index is 12.1. The van der Waals surface area contributed by atoms with Crippen molar-refractivity contribution in [3.8, 4) is 0 Å². The van der Waals surface area contributed by atoms with Crippen LogP contribution in [-0.2, 0) is 9.59 Å². The van der Waals surface area contributed by atoms with Crippen LogP contribution in [0.4, 0.5) is 11.4 Å². The molecule has 1 aromatic carbocycles. The molecule has 27 heavy (non-hydrogen) atoms. The summed E-state index contributed by atoms with van der Waals surface area (Å²) in [7, 11) is 0. The first-order chi connectivity index (χ1) is 13.0. The van der Waals surface area contributed by atoms with Gasteiger partial charge in [0, 0.05) is 43.4 Å². The lowest BCUT2D eigenvalue weighted by molar-refractivity contribution is -0.136. The topological polar surface area (TPSA) is 74.3 Å². The Morgan fingerprint density at radius 1 is 1.04 bits per heavy atom. The van der Waals surface area contributed by atoms with Gasteiger partial charge in [0.05, 0.1) is 0 Å². The Kier molecular flexibility index (Phi) is 6.06. The number of aromatic nitrogens is 1. The predicted molar refractivity (Wildman–Crippen MR) is 107 cm³/mol. The lowest BCUT2D eigenvalue weighted by Crippen LogP contribution is -2.41. The Bertz CT molecular complexity index is 779. The van der Waals surface area contributed by atoms with Gasteiger partial charge in [0.15, 0.2) is 0 Å². The van der Waals surface area contributed by atoms with E-state index in [-0.39, 0.29) is 0 Å². The maximum atomic E-state index is 12.1. The van der Waals surface area contributed by atoms with Gasteiger partial charge >= 0.3 is 11.8 Å². The average molecular weight is 366 g/mol. The van der Waals surface area contributed by atoms with Gasteiger partial charge in [0.25, 0.3) is 0 Å². The Morgan fingerprint density at radius 2 is 1.67 bits per heavy atom. The third kappa shape index (κ3) is 5.29. The van der Waals surface area contributed by atoms with Crippen LogP contribution in [0.25, 0.3) is 0 Å². The van der Waals surface area contributed by atoms with Crippen LogP contribution < -0.4 is 15.5 Å². The molecule has 1 aliphatic rings. The second kappa shape index (κ2) is 8.66. The summed E-state index contributed by atoms with van der Waals surface area (Å²) in [6.45, 7) is 6.34. The summed E-state index contributed by atoms with van der Waals surface area (Å²) < 4.78 is 0. The minimum atomic E-state index is -0.616. The van der Waals surface area contributed by atoms with Crippen LogP contribution in [0.2, 0.25) is 0 Å². The molecule has 1 aliphatic heterocycles. The van der Waals surface area contributed by atoms with Crippen molar-refractivity contribution in [2.24, 2.45) is 5.92 Å². The summed E-state index contributed by atoms with van der Waals surface area (Å²) >= 11 is 0. The second-order valence-electron chi connectivity index (χ2n) is 7.18. The second-order valence-corrected chi connectivity index (χ2v) is 7.18. The number of nitrogens with zero attached hydrogens (tertiary/aromatic N) is 2. The minimum Gasteiger partial charge on any atom is -0.371 e. The minimum absolute atomic E-state index is 0.390. The molecule has 2 N–H and O–H groups in total. The zero-order chi connectivity index (χ0) is 19.2. The summed E-state index contributed by atoms with van der Waals surface area (Å²) in [6, 6.07) is 9.76. The summed E-state index contributed by atoms with van der Waals surface area (Å²) in [5.74, 6) is -0.805. The van der Waals surface area contributed by atoms with Crippen LogP contribution in [0.15, 0.2) is 42.7 Å². The molecule has 6 nitrogen and oxygen atoms in total. The van der Waals surface area contributed by atoms with E-state index in [4.69, 9.17) is 0 Å². The van der Waals surface area contributed by atoms with Gasteiger partial charge in [0.2, 0.25) is 0 Å².